The number of ether oxygens (including phenoxy) is 1. The minimum Gasteiger partial charge on any atom is -0.497 e. The first-order valence-electron chi connectivity index (χ1n) is 8.95. The molecule has 0 heterocycles. The number of methoxy groups -OCH3 is 1. The molecule has 5 nitrogen and oxygen atoms in total. The second-order valence-corrected chi connectivity index (χ2v) is 6.42. The molecule has 3 aromatic carbocycles. The zero-order chi connectivity index (χ0) is 19.9. The third kappa shape index (κ3) is 4.98. The largest absolute Gasteiger partial charge is 0.497 e. The van der Waals surface area contributed by atoms with E-state index in [0.29, 0.717) is 16.9 Å². The quantitative estimate of drug-likeness (QED) is 0.670. The van der Waals surface area contributed by atoms with E-state index in [0.717, 1.165) is 16.9 Å². The lowest BCUT2D eigenvalue weighted by atomic mass is 10.1. The summed E-state index contributed by atoms with van der Waals surface area (Å²) >= 11 is 0. The molecule has 0 atom stereocenters. The summed E-state index contributed by atoms with van der Waals surface area (Å²) in [6, 6.07) is 21.8. The molecular formula is C23H22N2O3. The molecule has 0 aliphatic rings. The highest BCUT2D eigenvalue weighted by molar-refractivity contribution is 6.04. The van der Waals surface area contributed by atoms with Crippen molar-refractivity contribution < 1.29 is 14.3 Å². The number of aryl methyl sites for hydroxylation is 1. The highest BCUT2D eigenvalue weighted by Gasteiger charge is 2.09. The molecule has 0 saturated heterocycles. The molecule has 142 valence electrons. The third-order valence-electron chi connectivity index (χ3n) is 4.32. The Balaban J connectivity index is 1.61. The number of carbonyl (C=O) groups excluding carboxylic acids is 2. The van der Waals surface area contributed by atoms with Gasteiger partial charge in [0.05, 0.1) is 13.5 Å². The van der Waals surface area contributed by atoms with E-state index in [9.17, 15) is 9.59 Å². The van der Waals surface area contributed by atoms with Crippen LogP contribution in [0.1, 0.15) is 21.5 Å². The molecule has 2 N–H and O–H groups in total. The molecule has 0 aromatic heterocycles. The van der Waals surface area contributed by atoms with Crippen LogP contribution in [-0.2, 0) is 11.2 Å². The molecule has 0 aliphatic carbocycles. The van der Waals surface area contributed by atoms with Gasteiger partial charge in [0.25, 0.3) is 5.91 Å². The predicted molar refractivity (Wildman–Crippen MR) is 111 cm³/mol. The summed E-state index contributed by atoms with van der Waals surface area (Å²) in [7, 11) is 1.61. The molecule has 2 amide bonds. The Labute approximate surface area is 164 Å². The summed E-state index contributed by atoms with van der Waals surface area (Å²) in [5.74, 6) is 0.485. The summed E-state index contributed by atoms with van der Waals surface area (Å²) in [5, 5.41) is 5.78. The Morgan fingerprint density at radius 1 is 0.893 bits per heavy atom. The minimum atomic E-state index is -0.167. The molecule has 5 heteroatoms. The van der Waals surface area contributed by atoms with Crippen molar-refractivity contribution in [2.24, 2.45) is 0 Å². The zero-order valence-electron chi connectivity index (χ0n) is 15.9. The number of carbonyl (C=O) groups is 2. The topological polar surface area (TPSA) is 67.4 Å². The summed E-state index contributed by atoms with van der Waals surface area (Å²) in [4.78, 5) is 24.6. The van der Waals surface area contributed by atoms with Gasteiger partial charge in [0, 0.05) is 16.9 Å². The summed E-state index contributed by atoms with van der Waals surface area (Å²) in [6.45, 7) is 1.89. The Morgan fingerprint density at radius 2 is 1.61 bits per heavy atom. The van der Waals surface area contributed by atoms with Gasteiger partial charge in [-0.05, 0) is 60.5 Å². The predicted octanol–water partition coefficient (Wildman–Crippen LogP) is 4.44. The van der Waals surface area contributed by atoms with Crippen LogP contribution in [0.2, 0.25) is 0 Å². The van der Waals surface area contributed by atoms with Gasteiger partial charge >= 0.3 is 0 Å². The van der Waals surface area contributed by atoms with Crippen LogP contribution < -0.4 is 15.4 Å². The first-order chi connectivity index (χ1) is 13.5. The van der Waals surface area contributed by atoms with Crippen LogP contribution in [0, 0.1) is 6.92 Å². The molecule has 3 aromatic rings. The lowest BCUT2D eigenvalue weighted by Gasteiger charge is -2.11. The summed E-state index contributed by atoms with van der Waals surface area (Å²) in [5.41, 5.74) is 3.77. The Morgan fingerprint density at radius 3 is 2.25 bits per heavy atom. The first-order valence-corrected chi connectivity index (χ1v) is 8.95. The number of nitrogens with one attached hydrogen (secondary N) is 2. The highest BCUT2D eigenvalue weighted by Crippen LogP contribution is 2.21. The van der Waals surface area contributed by atoms with Crippen molar-refractivity contribution in [2.75, 3.05) is 17.7 Å². The van der Waals surface area contributed by atoms with Crippen molar-refractivity contribution in [2.45, 2.75) is 13.3 Å². The maximum absolute atomic E-state index is 12.3. The lowest BCUT2D eigenvalue weighted by Crippen LogP contribution is -2.15. The molecule has 0 fully saturated rings. The average Bonchev–Trinajstić information content (AvgIpc) is 2.71. The Kier molecular flexibility index (Phi) is 6.07. The van der Waals surface area contributed by atoms with E-state index in [2.05, 4.69) is 10.6 Å². The maximum Gasteiger partial charge on any atom is 0.255 e. The van der Waals surface area contributed by atoms with E-state index >= 15 is 0 Å². The van der Waals surface area contributed by atoms with E-state index in [1.807, 2.05) is 55.5 Å². The van der Waals surface area contributed by atoms with Crippen LogP contribution in [0.25, 0.3) is 0 Å². The number of rotatable bonds is 6. The molecule has 0 bridgehead atoms. The van der Waals surface area contributed by atoms with Gasteiger partial charge in [-0.15, -0.1) is 0 Å². The molecule has 3 rings (SSSR count). The Bertz CT molecular complexity index is 967. The van der Waals surface area contributed by atoms with Crippen molar-refractivity contribution in [1.29, 1.82) is 0 Å². The van der Waals surface area contributed by atoms with Gasteiger partial charge < -0.3 is 15.4 Å². The third-order valence-corrected chi connectivity index (χ3v) is 4.32. The van der Waals surface area contributed by atoms with Crippen molar-refractivity contribution in [3.63, 3.8) is 0 Å². The first kappa shape index (κ1) is 19.2. The van der Waals surface area contributed by atoms with E-state index in [4.69, 9.17) is 4.74 Å². The van der Waals surface area contributed by atoms with E-state index < -0.39 is 0 Å². The highest BCUT2D eigenvalue weighted by atomic mass is 16.5. The van der Waals surface area contributed by atoms with Gasteiger partial charge in [0.2, 0.25) is 5.91 Å². The smallest absolute Gasteiger partial charge is 0.255 e. The molecule has 0 unspecified atom stereocenters. The van der Waals surface area contributed by atoms with Crippen LogP contribution in [-0.4, -0.2) is 18.9 Å². The fourth-order valence-electron chi connectivity index (χ4n) is 2.80. The van der Waals surface area contributed by atoms with E-state index in [1.54, 1.807) is 31.4 Å². The van der Waals surface area contributed by atoms with Gasteiger partial charge in [0.1, 0.15) is 5.75 Å². The number of anilines is 2. The number of hydrogen-bond donors (Lipinski definition) is 2. The number of hydrogen-bond acceptors (Lipinski definition) is 3. The molecule has 0 saturated carbocycles. The standard InChI is InChI=1S/C23H22N2O3/c1-16-14-19(24-22(26)15-17-8-11-20(28-2)12-9-17)10-13-21(16)25-23(27)18-6-4-3-5-7-18/h3-14H,15H2,1-2H3,(H,24,26)(H,25,27). The lowest BCUT2D eigenvalue weighted by molar-refractivity contribution is -0.115. The van der Waals surface area contributed by atoms with Crippen LogP contribution in [0.5, 0.6) is 5.75 Å². The van der Waals surface area contributed by atoms with E-state index in [1.165, 1.54) is 0 Å². The van der Waals surface area contributed by atoms with Crippen molar-refractivity contribution >= 4 is 23.2 Å². The SMILES string of the molecule is COc1ccc(CC(=O)Nc2ccc(NC(=O)c3ccccc3)c(C)c2)cc1. The van der Waals surface area contributed by atoms with Crippen LogP contribution in [0.3, 0.4) is 0 Å². The van der Waals surface area contributed by atoms with Crippen LogP contribution in [0.4, 0.5) is 11.4 Å². The molecule has 0 aliphatic heterocycles. The van der Waals surface area contributed by atoms with Crippen LogP contribution in [0.15, 0.2) is 72.8 Å². The fraction of sp³-hybridized carbons (Fsp3) is 0.130. The van der Waals surface area contributed by atoms with E-state index in [-0.39, 0.29) is 18.2 Å². The van der Waals surface area contributed by atoms with Crippen molar-refractivity contribution in [1.82, 2.24) is 0 Å². The zero-order valence-corrected chi connectivity index (χ0v) is 15.9. The maximum atomic E-state index is 12.3. The van der Waals surface area contributed by atoms with Gasteiger partial charge in [-0.2, -0.15) is 0 Å². The number of benzene rings is 3. The molecule has 0 spiro atoms. The normalized spacial score (nSPS) is 10.2. The van der Waals surface area contributed by atoms with Crippen molar-refractivity contribution in [3.8, 4) is 5.75 Å². The summed E-state index contributed by atoms with van der Waals surface area (Å²) < 4.78 is 5.12. The fourth-order valence-corrected chi connectivity index (χ4v) is 2.80. The number of amides is 2. The van der Waals surface area contributed by atoms with Crippen molar-refractivity contribution in [3.05, 3.63) is 89.5 Å². The molecular weight excluding hydrogens is 352 g/mol. The summed E-state index contributed by atoms with van der Waals surface area (Å²) in [6.07, 6.45) is 0.273. The van der Waals surface area contributed by atoms with Gasteiger partial charge in [0.15, 0.2) is 0 Å². The van der Waals surface area contributed by atoms with Gasteiger partial charge in [-0.25, -0.2) is 0 Å². The van der Waals surface area contributed by atoms with Crippen LogP contribution >= 0.6 is 0 Å². The van der Waals surface area contributed by atoms with Gasteiger partial charge in [-0.3, -0.25) is 9.59 Å². The second kappa shape index (κ2) is 8.86. The second-order valence-electron chi connectivity index (χ2n) is 6.42. The van der Waals surface area contributed by atoms with Gasteiger partial charge in [-0.1, -0.05) is 30.3 Å². The molecule has 0 radical (unpaired) electrons. The Hall–Kier alpha value is -3.60. The minimum absolute atomic E-state index is 0.106. The molecule has 28 heavy (non-hydrogen) atoms. The average molecular weight is 374 g/mol. The monoisotopic (exact) mass is 374 g/mol.